The first-order chi connectivity index (χ1) is 10.0. The Balaban J connectivity index is 2.24. The Hall–Kier alpha value is -1.56. The number of methoxy groups -OCH3 is 1. The molecule has 0 aliphatic carbocycles. The number of likely N-dealkylation sites (N-methyl/N-ethyl adjacent to an activating group) is 1. The van der Waals surface area contributed by atoms with E-state index >= 15 is 0 Å². The van der Waals surface area contributed by atoms with E-state index in [9.17, 15) is 5.11 Å². The van der Waals surface area contributed by atoms with Gasteiger partial charge in [-0.2, -0.15) is 5.10 Å². The molecule has 0 aliphatic heterocycles. The number of hydrogen-bond donors (Lipinski definition) is 1. The highest BCUT2D eigenvalue weighted by Gasteiger charge is 2.20. The molecule has 114 valence electrons. The van der Waals surface area contributed by atoms with Crippen molar-refractivity contribution in [1.29, 1.82) is 0 Å². The second-order valence-corrected chi connectivity index (χ2v) is 5.49. The number of aliphatic hydroxyl groups excluding tert-OH is 1. The number of hydrogen-bond acceptors (Lipinski definition) is 4. The minimum atomic E-state index is -0.812. The summed E-state index contributed by atoms with van der Waals surface area (Å²) in [4.78, 5) is 2.05. The maximum atomic E-state index is 10.6. The Kier molecular flexibility index (Phi) is 5.22. The number of benzene rings is 1. The van der Waals surface area contributed by atoms with E-state index in [0.29, 0.717) is 17.3 Å². The smallest absolute Gasteiger partial charge is 0.122 e. The monoisotopic (exact) mass is 309 g/mol. The van der Waals surface area contributed by atoms with Gasteiger partial charge < -0.3 is 14.7 Å². The van der Waals surface area contributed by atoms with E-state index in [1.165, 1.54) is 0 Å². The molecule has 0 saturated heterocycles. The van der Waals surface area contributed by atoms with Crippen LogP contribution in [0.25, 0.3) is 0 Å². The summed E-state index contributed by atoms with van der Waals surface area (Å²) in [5, 5.41) is 15.3. The van der Waals surface area contributed by atoms with Crippen molar-refractivity contribution < 1.29 is 9.84 Å². The van der Waals surface area contributed by atoms with Crippen LogP contribution in [0.1, 0.15) is 17.4 Å². The van der Waals surface area contributed by atoms with Crippen LogP contribution in [0.2, 0.25) is 5.02 Å². The average molecular weight is 310 g/mol. The van der Waals surface area contributed by atoms with E-state index < -0.39 is 6.10 Å². The normalized spacial score (nSPS) is 12.7. The molecule has 0 saturated carbocycles. The lowest BCUT2D eigenvalue weighted by Crippen LogP contribution is -2.21. The van der Waals surface area contributed by atoms with Gasteiger partial charge >= 0.3 is 0 Å². The maximum absolute atomic E-state index is 10.6. The van der Waals surface area contributed by atoms with Crippen LogP contribution in [0.5, 0.6) is 5.75 Å². The fraction of sp³-hybridized carbons (Fsp3) is 0.400. The number of halogens is 1. The van der Waals surface area contributed by atoms with Crippen LogP contribution >= 0.6 is 11.6 Å². The van der Waals surface area contributed by atoms with E-state index in [0.717, 1.165) is 17.9 Å². The van der Waals surface area contributed by atoms with Gasteiger partial charge in [0, 0.05) is 6.54 Å². The fourth-order valence-electron chi connectivity index (χ4n) is 2.06. The zero-order valence-electron chi connectivity index (χ0n) is 12.5. The maximum Gasteiger partial charge on any atom is 0.122 e. The molecule has 0 radical (unpaired) electrons. The molecule has 2 aromatic rings. The number of aromatic nitrogens is 2. The van der Waals surface area contributed by atoms with Crippen molar-refractivity contribution in [3.8, 4) is 5.75 Å². The number of rotatable bonds is 6. The predicted octanol–water partition coefficient (Wildman–Crippen LogP) is 2.19. The SMILES string of the molecule is COc1ccc(C(O)c2c(Cl)cnn2CCN(C)C)cc1. The number of ether oxygens (including phenoxy) is 1. The summed E-state index contributed by atoms with van der Waals surface area (Å²) in [6.45, 7) is 1.49. The van der Waals surface area contributed by atoms with Gasteiger partial charge in [-0.1, -0.05) is 23.7 Å². The van der Waals surface area contributed by atoms with Crippen LogP contribution in [0.15, 0.2) is 30.5 Å². The third kappa shape index (κ3) is 3.75. The predicted molar refractivity (Wildman–Crippen MR) is 82.8 cm³/mol. The number of nitrogens with zero attached hydrogens (tertiary/aromatic N) is 3. The standard InChI is InChI=1S/C15H20ClN3O2/c1-18(2)8-9-19-14(13(16)10-17-19)15(20)11-4-6-12(21-3)7-5-11/h4-7,10,15,20H,8-9H2,1-3H3. The third-order valence-electron chi connectivity index (χ3n) is 3.28. The Bertz CT molecular complexity index is 581. The van der Waals surface area contributed by atoms with Crippen molar-refractivity contribution >= 4 is 11.6 Å². The van der Waals surface area contributed by atoms with Crippen molar-refractivity contribution in [2.24, 2.45) is 0 Å². The van der Waals surface area contributed by atoms with Crippen LogP contribution < -0.4 is 4.74 Å². The second-order valence-electron chi connectivity index (χ2n) is 5.08. The highest BCUT2D eigenvalue weighted by Crippen LogP contribution is 2.29. The highest BCUT2D eigenvalue weighted by atomic mass is 35.5. The molecule has 6 heteroatoms. The van der Waals surface area contributed by atoms with E-state index in [-0.39, 0.29) is 0 Å². The summed E-state index contributed by atoms with van der Waals surface area (Å²) >= 11 is 6.18. The quantitative estimate of drug-likeness (QED) is 0.888. The van der Waals surface area contributed by atoms with Gasteiger partial charge in [-0.15, -0.1) is 0 Å². The minimum absolute atomic E-state index is 0.470. The van der Waals surface area contributed by atoms with E-state index in [4.69, 9.17) is 16.3 Å². The molecular weight excluding hydrogens is 290 g/mol. The first-order valence-corrected chi connectivity index (χ1v) is 7.08. The molecule has 5 nitrogen and oxygen atoms in total. The molecule has 1 aromatic carbocycles. The van der Waals surface area contributed by atoms with Crippen molar-refractivity contribution in [2.45, 2.75) is 12.6 Å². The van der Waals surface area contributed by atoms with Gasteiger partial charge in [0.15, 0.2) is 0 Å². The molecule has 0 spiro atoms. The molecule has 1 atom stereocenters. The Morgan fingerprint density at radius 1 is 1.33 bits per heavy atom. The first kappa shape index (κ1) is 15.8. The van der Waals surface area contributed by atoms with Gasteiger partial charge in [0.05, 0.1) is 30.6 Å². The van der Waals surface area contributed by atoms with Gasteiger partial charge in [-0.25, -0.2) is 0 Å². The Morgan fingerprint density at radius 2 is 2.00 bits per heavy atom. The molecule has 2 rings (SSSR count). The molecule has 1 heterocycles. The van der Waals surface area contributed by atoms with E-state index in [1.54, 1.807) is 18.0 Å². The van der Waals surface area contributed by atoms with Crippen molar-refractivity contribution in [3.63, 3.8) is 0 Å². The van der Waals surface area contributed by atoms with Crippen LogP contribution in [-0.2, 0) is 6.54 Å². The summed E-state index contributed by atoms with van der Waals surface area (Å²) in [6, 6.07) is 7.27. The van der Waals surface area contributed by atoms with E-state index in [1.807, 2.05) is 38.4 Å². The molecule has 21 heavy (non-hydrogen) atoms. The van der Waals surface area contributed by atoms with Crippen LogP contribution in [0, 0.1) is 0 Å². The molecule has 0 amide bonds. The summed E-state index contributed by atoms with van der Waals surface area (Å²) in [7, 11) is 5.59. The molecule has 0 fully saturated rings. The lowest BCUT2D eigenvalue weighted by atomic mass is 10.1. The van der Waals surface area contributed by atoms with Gasteiger partial charge in [0.25, 0.3) is 0 Å². The molecule has 1 N–H and O–H groups in total. The molecule has 1 unspecified atom stereocenters. The summed E-state index contributed by atoms with van der Waals surface area (Å²) in [6.07, 6.45) is 0.757. The topological polar surface area (TPSA) is 50.5 Å². The van der Waals surface area contributed by atoms with Crippen LogP contribution in [0.4, 0.5) is 0 Å². The third-order valence-corrected chi connectivity index (χ3v) is 3.57. The van der Waals surface area contributed by atoms with Crippen molar-refractivity contribution in [2.75, 3.05) is 27.7 Å². The highest BCUT2D eigenvalue weighted by molar-refractivity contribution is 6.31. The van der Waals surface area contributed by atoms with Crippen LogP contribution in [0.3, 0.4) is 0 Å². The van der Waals surface area contributed by atoms with Gasteiger partial charge in [-0.05, 0) is 31.8 Å². The summed E-state index contributed by atoms with van der Waals surface area (Å²) in [5.41, 5.74) is 1.37. The lowest BCUT2D eigenvalue weighted by Gasteiger charge is -2.16. The van der Waals surface area contributed by atoms with Crippen molar-refractivity contribution in [1.82, 2.24) is 14.7 Å². The number of aliphatic hydroxyl groups is 1. The fourth-order valence-corrected chi connectivity index (χ4v) is 2.31. The largest absolute Gasteiger partial charge is 0.497 e. The lowest BCUT2D eigenvalue weighted by molar-refractivity contribution is 0.205. The Labute approximate surface area is 129 Å². The van der Waals surface area contributed by atoms with E-state index in [2.05, 4.69) is 10.00 Å². The zero-order chi connectivity index (χ0) is 15.4. The van der Waals surface area contributed by atoms with Crippen molar-refractivity contribution in [3.05, 3.63) is 46.7 Å². The van der Waals surface area contributed by atoms with Gasteiger partial charge in [0.1, 0.15) is 11.9 Å². The molecular formula is C15H20ClN3O2. The zero-order valence-corrected chi connectivity index (χ0v) is 13.2. The summed E-state index contributed by atoms with van der Waals surface area (Å²) < 4.78 is 6.87. The molecule has 1 aromatic heterocycles. The minimum Gasteiger partial charge on any atom is -0.497 e. The van der Waals surface area contributed by atoms with Gasteiger partial charge in [-0.3, -0.25) is 4.68 Å². The first-order valence-electron chi connectivity index (χ1n) is 6.71. The molecule has 0 aliphatic rings. The van der Waals surface area contributed by atoms with Crippen LogP contribution in [-0.4, -0.2) is 47.5 Å². The average Bonchev–Trinajstić information content (AvgIpc) is 2.85. The Morgan fingerprint density at radius 3 is 2.57 bits per heavy atom. The molecule has 0 bridgehead atoms. The second kappa shape index (κ2) is 6.93. The van der Waals surface area contributed by atoms with Gasteiger partial charge in [0.2, 0.25) is 0 Å². The summed E-state index contributed by atoms with van der Waals surface area (Å²) in [5.74, 6) is 0.748.